The van der Waals surface area contributed by atoms with Crippen LogP contribution in [0.25, 0.3) is 0 Å². The molecule has 0 amide bonds. The Morgan fingerprint density at radius 3 is 3.00 bits per heavy atom. The van der Waals surface area contributed by atoms with E-state index in [4.69, 9.17) is 10.5 Å². The lowest BCUT2D eigenvalue weighted by Gasteiger charge is -2.31. The SMILES string of the molecule is CSC[C@H](C)O[C@H](C)N1CNCC1NCN. The average molecular weight is 248 g/mol. The van der Waals surface area contributed by atoms with Gasteiger partial charge in [0.1, 0.15) is 6.23 Å². The molecule has 5 nitrogen and oxygen atoms in total. The Bertz CT molecular complexity index is 196. The smallest absolute Gasteiger partial charge is 0.110 e. The van der Waals surface area contributed by atoms with Gasteiger partial charge in [-0.25, -0.2) is 4.90 Å². The largest absolute Gasteiger partial charge is 0.360 e. The molecule has 16 heavy (non-hydrogen) atoms. The van der Waals surface area contributed by atoms with Crippen molar-refractivity contribution in [1.82, 2.24) is 15.5 Å². The molecule has 1 aliphatic heterocycles. The third-order valence-electron chi connectivity index (χ3n) is 2.68. The van der Waals surface area contributed by atoms with Gasteiger partial charge in [0.2, 0.25) is 0 Å². The molecular weight excluding hydrogens is 224 g/mol. The fourth-order valence-electron chi connectivity index (χ4n) is 1.95. The minimum atomic E-state index is 0.112. The van der Waals surface area contributed by atoms with E-state index in [2.05, 4.69) is 35.6 Å². The van der Waals surface area contributed by atoms with E-state index < -0.39 is 0 Å². The molecular formula is C10H24N4OS. The first-order valence-electron chi connectivity index (χ1n) is 5.73. The van der Waals surface area contributed by atoms with Crippen molar-refractivity contribution >= 4 is 11.8 Å². The van der Waals surface area contributed by atoms with Crippen LogP contribution in [0.1, 0.15) is 13.8 Å². The van der Waals surface area contributed by atoms with E-state index in [0.717, 1.165) is 19.0 Å². The summed E-state index contributed by atoms with van der Waals surface area (Å²) in [5.74, 6) is 1.03. The Morgan fingerprint density at radius 2 is 2.38 bits per heavy atom. The second-order valence-corrected chi connectivity index (χ2v) is 4.96. The highest BCUT2D eigenvalue weighted by Crippen LogP contribution is 2.12. The maximum absolute atomic E-state index is 5.94. The first kappa shape index (κ1) is 14.2. The highest BCUT2D eigenvalue weighted by atomic mass is 32.2. The van der Waals surface area contributed by atoms with Crippen molar-refractivity contribution in [3.63, 3.8) is 0 Å². The van der Waals surface area contributed by atoms with Gasteiger partial charge >= 0.3 is 0 Å². The van der Waals surface area contributed by atoms with Crippen LogP contribution in [0, 0.1) is 0 Å². The van der Waals surface area contributed by atoms with Gasteiger partial charge in [-0.3, -0.25) is 5.32 Å². The summed E-state index contributed by atoms with van der Waals surface area (Å²) in [4.78, 5) is 2.25. The van der Waals surface area contributed by atoms with Gasteiger partial charge in [0, 0.05) is 19.0 Å². The third-order valence-corrected chi connectivity index (χ3v) is 3.49. The Labute approximate surface area is 102 Å². The van der Waals surface area contributed by atoms with Gasteiger partial charge in [0.05, 0.1) is 18.9 Å². The summed E-state index contributed by atoms with van der Waals surface area (Å²) < 4.78 is 5.94. The van der Waals surface area contributed by atoms with Crippen LogP contribution in [-0.4, -0.2) is 55.3 Å². The zero-order chi connectivity index (χ0) is 12.0. The zero-order valence-corrected chi connectivity index (χ0v) is 11.2. The van der Waals surface area contributed by atoms with E-state index in [1.54, 1.807) is 0 Å². The van der Waals surface area contributed by atoms with Crippen LogP contribution in [0.3, 0.4) is 0 Å². The standard InChI is InChI=1S/C10H24N4OS/c1-8(5-16-3)15-9(2)14-7-12-4-10(14)13-6-11/h8-10,12-13H,4-7,11H2,1-3H3/t8-,9+,10?/m0/s1. The topological polar surface area (TPSA) is 62.5 Å². The molecule has 0 aromatic carbocycles. The Balaban J connectivity index is 2.36. The van der Waals surface area contributed by atoms with Crippen LogP contribution < -0.4 is 16.4 Å². The Hall–Kier alpha value is 0.150. The van der Waals surface area contributed by atoms with E-state index >= 15 is 0 Å². The number of nitrogens with one attached hydrogen (secondary N) is 2. The maximum Gasteiger partial charge on any atom is 0.110 e. The number of nitrogens with zero attached hydrogens (tertiary/aromatic N) is 1. The molecule has 6 heteroatoms. The van der Waals surface area contributed by atoms with Crippen molar-refractivity contribution in [1.29, 1.82) is 0 Å². The first-order chi connectivity index (χ1) is 7.69. The Morgan fingerprint density at radius 1 is 1.62 bits per heavy atom. The molecule has 1 fully saturated rings. The highest BCUT2D eigenvalue weighted by Gasteiger charge is 2.28. The summed E-state index contributed by atoms with van der Waals surface area (Å²) >= 11 is 1.81. The highest BCUT2D eigenvalue weighted by molar-refractivity contribution is 7.98. The van der Waals surface area contributed by atoms with Gasteiger partial charge in [0.15, 0.2) is 0 Å². The van der Waals surface area contributed by atoms with Gasteiger partial charge in [-0.2, -0.15) is 11.8 Å². The van der Waals surface area contributed by atoms with Crippen LogP contribution in [0.2, 0.25) is 0 Å². The summed E-state index contributed by atoms with van der Waals surface area (Å²) in [6.45, 7) is 6.47. The van der Waals surface area contributed by atoms with Gasteiger partial charge < -0.3 is 15.8 Å². The number of ether oxygens (including phenoxy) is 1. The summed E-state index contributed by atoms with van der Waals surface area (Å²) in [7, 11) is 0. The van der Waals surface area contributed by atoms with E-state index in [0.29, 0.717) is 6.67 Å². The molecule has 4 N–H and O–H groups in total. The predicted octanol–water partition coefficient (Wildman–Crippen LogP) is -0.205. The van der Waals surface area contributed by atoms with Crippen LogP contribution in [-0.2, 0) is 4.74 Å². The van der Waals surface area contributed by atoms with Crippen molar-refractivity contribution in [3.05, 3.63) is 0 Å². The zero-order valence-electron chi connectivity index (χ0n) is 10.4. The number of thioether (sulfide) groups is 1. The molecule has 96 valence electrons. The fourth-order valence-corrected chi connectivity index (χ4v) is 2.50. The summed E-state index contributed by atoms with van der Waals surface area (Å²) in [5.41, 5.74) is 5.51. The van der Waals surface area contributed by atoms with Gasteiger partial charge in [0.25, 0.3) is 0 Å². The number of hydrogen-bond acceptors (Lipinski definition) is 6. The summed E-state index contributed by atoms with van der Waals surface area (Å²) in [6, 6.07) is 0. The molecule has 0 saturated carbocycles. The minimum absolute atomic E-state index is 0.112. The second kappa shape index (κ2) is 7.47. The molecule has 0 aromatic rings. The van der Waals surface area contributed by atoms with Crippen LogP contribution in [0.5, 0.6) is 0 Å². The van der Waals surface area contributed by atoms with Gasteiger partial charge in [-0.15, -0.1) is 0 Å². The molecule has 1 saturated heterocycles. The molecule has 1 heterocycles. The van der Waals surface area contributed by atoms with Crippen molar-refractivity contribution in [2.45, 2.75) is 32.3 Å². The van der Waals surface area contributed by atoms with Crippen LogP contribution in [0.4, 0.5) is 0 Å². The lowest BCUT2D eigenvalue weighted by molar-refractivity contribution is -0.0838. The van der Waals surface area contributed by atoms with Crippen molar-refractivity contribution in [2.24, 2.45) is 5.73 Å². The van der Waals surface area contributed by atoms with Crippen molar-refractivity contribution < 1.29 is 4.74 Å². The number of hydrogen-bond donors (Lipinski definition) is 3. The van der Waals surface area contributed by atoms with E-state index in [1.165, 1.54) is 0 Å². The third kappa shape index (κ3) is 4.20. The quantitative estimate of drug-likeness (QED) is 0.542. The normalized spacial score (nSPS) is 25.9. The second-order valence-electron chi connectivity index (χ2n) is 4.05. The summed E-state index contributed by atoms with van der Waals surface area (Å²) in [5, 5.41) is 6.55. The van der Waals surface area contributed by atoms with Crippen molar-refractivity contribution in [3.8, 4) is 0 Å². The Kier molecular flexibility index (Phi) is 6.64. The molecule has 0 aliphatic carbocycles. The molecule has 1 rings (SSSR count). The van der Waals surface area contributed by atoms with Crippen LogP contribution >= 0.6 is 11.8 Å². The molecule has 3 atom stereocenters. The minimum Gasteiger partial charge on any atom is -0.360 e. The van der Waals surface area contributed by atoms with E-state index in [1.807, 2.05) is 11.8 Å². The van der Waals surface area contributed by atoms with Gasteiger partial charge in [-0.05, 0) is 20.1 Å². The van der Waals surface area contributed by atoms with E-state index in [-0.39, 0.29) is 18.5 Å². The van der Waals surface area contributed by atoms with Crippen LogP contribution in [0.15, 0.2) is 0 Å². The monoisotopic (exact) mass is 248 g/mol. The van der Waals surface area contributed by atoms with Gasteiger partial charge in [-0.1, -0.05) is 0 Å². The predicted molar refractivity (Wildman–Crippen MR) is 69.1 cm³/mol. The average Bonchev–Trinajstić information content (AvgIpc) is 2.66. The first-order valence-corrected chi connectivity index (χ1v) is 7.12. The molecule has 0 bridgehead atoms. The van der Waals surface area contributed by atoms with E-state index in [9.17, 15) is 0 Å². The lowest BCUT2D eigenvalue weighted by Crippen LogP contribution is -2.50. The molecule has 1 aliphatic rings. The van der Waals surface area contributed by atoms with Crippen molar-refractivity contribution in [2.75, 3.05) is 31.9 Å². The fraction of sp³-hybridized carbons (Fsp3) is 1.00. The number of rotatable bonds is 7. The maximum atomic E-state index is 5.94. The molecule has 1 unspecified atom stereocenters. The molecule has 0 radical (unpaired) electrons. The lowest BCUT2D eigenvalue weighted by atomic mass is 10.4. The molecule has 0 aromatic heterocycles. The molecule has 0 spiro atoms. The number of nitrogens with two attached hydrogens (primary N) is 1. The summed E-state index contributed by atoms with van der Waals surface area (Å²) in [6.07, 6.45) is 2.77.